The standard InChI is InChI=1S/C13H19N3O4S/c14-9-13-3-1-2-8-15(13)21(19,20)10-11-4-6-12(7-5-11)16(17)18/h4-7,13H,1-3,8-10,14H2. The second kappa shape index (κ2) is 6.50. The van der Waals surface area contributed by atoms with Crippen LogP contribution in [0.1, 0.15) is 24.8 Å². The maximum Gasteiger partial charge on any atom is 0.269 e. The molecule has 1 aromatic rings. The van der Waals surface area contributed by atoms with Gasteiger partial charge in [0.15, 0.2) is 0 Å². The van der Waals surface area contributed by atoms with Crippen molar-refractivity contribution in [3.8, 4) is 0 Å². The van der Waals surface area contributed by atoms with Crippen LogP contribution in [0.15, 0.2) is 24.3 Å². The van der Waals surface area contributed by atoms with Crippen molar-refractivity contribution >= 4 is 15.7 Å². The van der Waals surface area contributed by atoms with Crippen LogP contribution in [0.5, 0.6) is 0 Å². The molecule has 2 rings (SSSR count). The number of rotatable bonds is 5. The lowest BCUT2D eigenvalue weighted by atomic mass is 10.1. The van der Waals surface area contributed by atoms with Crippen molar-refractivity contribution in [2.75, 3.05) is 13.1 Å². The highest BCUT2D eigenvalue weighted by molar-refractivity contribution is 7.88. The van der Waals surface area contributed by atoms with Gasteiger partial charge in [-0.25, -0.2) is 8.42 Å². The number of non-ortho nitro benzene ring substituents is 1. The van der Waals surface area contributed by atoms with Crippen molar-refractivity contribution in [2.24, 2.45) is 5.73 Å². The smallest absolute Gasteiger partial charge is 0.269 e. The van der Waals surface area contributed by atoms with Crippen molar-refractivity contribution < 1.29 is 13.3 Å². The number of nitro benzene ring substituents is 1. The average Bonchev–Trinajstić information content (AvgIpc) is 2.47. The highest BCUT2D eigenvalue weighted by atomic mass is 32.2. The molecular formula is C13H19N3O4S. The van der Waals surface area contributed by atoms with E-state index < -0.39 is 14.9 Å². The third-order valence-electron chi connectivity index (χ3n) is 3.70. The summed E-state index contributed by atoms with van der Waals surface area (Å²) in [5, 5.41) is 10.6. The van der Waals surface area contributed by atoms with Crippen LogP contribution in [0.2, 0.25) is 0 Å². The molecule has 1 aliphatic heterocycles. The molecule has 0 bridgehead atoms. The summed E-state index contributed by atoms with van der Waals surface area (Å²) in [4.78, 5) is 10.1. The highest BCUT2D eigenvalue weighted by Crippen LogP contribution is 2.23. The number of piperidine rings is 1. The monoisotopic (exact) mass is 313 g/mol. The zero-order chi connectivity index (χ0) is 15.5. The molecule has 0 aromatic heterocycles. The molecule has 7 nitrogen and oxygen atoms in total. The third-order valence-corrected chi connectivity index (χ3v) is 5.59. The normalized spacial score (nSPS) is 20.3. The molecule has 0 saturated carbocycles. The first-order valence-corrected chi connectivity index (χ1v) is 8.48. The molecule has 1 atom stereocenters. The SMILES string of the molecule is NCC1CCCCN1S(=O)(=O)Cc1ccc([N+](=O)[O-])cc1. The average molecular weight is 313 g/mol. The summed E-state index contributed by atoms with van der Waals surface area (Å²) in [5.41, 5.74) is 6.15. The van der Waals surface area contributed by atoms with Crippen molar-refractivity contribution in [1.82, 2.24) is 4.31 Å². The van der Waals surface area contributed by atoms with E-state index in [2.05, 4.69) is 0 Å². The second-order valence-electron chi connectivity index (χ2n) is 5.18. The van der Waals surface area contributed by atoms with Gasteiger partial charge < -0.3 is 5.73 Å². The summed E-state index contributed by atoms with van der Waals surface area (Å²) < 4.78 is 26.4. The molecule has 2 N–H and O–H groups in total. The maximum atomic E-state index is 12.5. The molecule has 116 valence electrons. The van der Waals surface area contributed by atoms with E-state index in [1.165, 1.54) is 28.6 Å². The van der Waals surface area contributed by atoms with Crippen LogP contribution >= 0.6 is 0 Å². The van der Waals surface area contributed by atoms with Crippen LogP contribution in [0, 0.1) is 10.1 Å². The molecule has 0 aliphatic carbocycles. The zero-order valence-electron chi connectivity index (χ0n) is 11.6. The van der Waals surface area contributed by atoms with Crippen LogP contribution in [-0.2, 0) is 15.8 Å². The van der Waals surface area contributed by atoms with E-state index in [9.17, 15) is 18.5 Å². The van der Waals surface area contributed by atoms with Gasteiger partial charge in [0.25, 0.3) is 5.69 Å². The molecular weight excluding hydrogens is 294 g/mol. The minimum Gasteiger partial charge on any atom is -0.329 e. The molecule has 1 saturated heterocycles. The molecule has 21 heavy (non-hydrogen) atoms. The van der Waals surface area contributed by atoms with Crippen molar-refractivity contribution in [1.29, 1.82) is 0 Å². The predicted octanol–water partition coefficient (Wildman–Crippen LogP) is 1.24. The molecule has 0 radical (unpaired) electrons. The molecule has 1 fully saturated rings. The summed E-state index contributed by atoms with van der Waals surface area (Å²) in [6.07, 6.45) is 2.62. The molecule has 8 heteroatoms. The summed E-state index contributed by atoms with van der Waals surface area (Å²) in [7, 11) is -3.45. The molecule has 0 spiro atoms. The topological polar surface area (TPSA) is 107 Å². The lowest BCUT2D eigenvalue weighted by Crippen LogP contribution is -2.47. The van der Waals surface area contributed by atoms with E-state index in [4.69, 9.17) is 5.73 Å². The van der Waals surface area contributed by atoms with Crippen LogP contribution < -0.4 is 5.73 Å². The minimum atomic E-state index is -3.45. The van der Waals surface area contributed by atoms with Gasteiger partial charge in [0.2, 0.25) is 10.0 Å². The van der Waals surface area contributed by atoms with E-state index in [1.807, 2.05) is 0 Å². The lowest BCUT2D eigenvalue weighted by molar-refractivity contribution is -0.384. The first-order chi connectivity index (χ1) is 9.94. The Bertz CT molecular complexity index is 600. The lowest BCUT2D eigenvalue weighted by Gasteiger charge is -2.33. The second-order valence-corrected chi connectivity index (χ2v) is 7.10. The fraction of sp³-hybridized carbons (Fsp3) is 0.538. The maximum absolute atomic E-state index is 12.5. The van der Waals surface area contributed by atoms with E-state index in [1.54, 1.807) is 0 Å². The summed E-state index contributed by atoms with van der Waals surface area (Å²) in [6.45, 7) is 0.816. The Morgan fingerprint density at radius 3 is 2.52 bits per heavy atom. The van der Waals surface area contributed by atoms with Gasteiger partial charge >= 0.3 is 0 Å². The number of nitro groups is 1. The van der Waals surface area contributed by atoms with Gasteiger partial charge in [-0.3, -0.25) is 10.1 Å². The first kappa shape index (κ1) is 15.9. The van der Waals surface area contributed by atoms with E-state index in [0.29, 0.717) is 18.7 Å². The fourth-order valence-corrected chi connectivity index (χ4v) is 4.42. The molecule has 1 unspecified atom stereocenters. The Morgan fingerprint density at radius 2 is 1.95 bits per heavy atom. The fourth-order valence-electron chi connectivity index (χ4n) is 2.58. The van der Waals surface area contributed by atoms with Gasteiger partial charge in [0.1, 0.15) is 0 Å². The minimum absolute atomic E-state index is 0.0473. The van der Waals surface area contributed by atoms with Crippen LogP contribution in [-0.4, -0.2) is 36.8 Å². The summed E-state index contributed by atoms with van der Waals surface area (Å²) >= 11 is 0. The van der Waals surface area contributed by atoms with Gasteiger partial charge in [-0.05, 0) is 18.4 Å². The van der Waals surface area contributed by atoms with Gasteiger partial charge in [0.05, 0.1) is 10.7 Å². The number of nitrogens with two attached hydrogens (primary N) is 1. The number of hydrogen-bond donors (Lipinski definition) is 1. The zero-order valence-corrected chi connectivity index (χ0v) is 12.5. The predicted molar refractivity (Wildman–Crippen MR) is 79.1 cm³/mol. The third kappa shape index (κ3) is 3.78. The first-order valence-electron chi connectivity index (χ1n) is 6.87. The molecule has 1 heterocycles. The van der Waals surface area contributed by atoms with Crippen molar-refractivity contribution in [2.45, 2.75) is 31.1 Å². The van der Waals surface area contributed by atoms with E-state index in [0.717, 1.165) is 19.3 Å². The van der Waals surface area contributed by atoms with Gasteiger partial charge in [0, 0.05) is 31.3 Å². The van der Waals surface area contributed by atoms with Crippen molar-refractivity contribution in [3.05, 3.63) is 39.9 Å². The molecule has 0 amide bonds. The van der Waals surface area contributed by atoms with E-state index in [-0.39, 0.29) is 17.5 Å². The quantitative estimate of drug-likeness (QED) is 0.650. The number of benzene rings is 1. The molecule has 1 aliphatic rings. The summed E-state index contributed by atoms with van der Waals surface area (Å²) in [6, 6.07) is 5.47. The van der Waals surface area contributed by atoms with Gasteiger partial charge in [-0.15, -0.1) is 0 Å². The van der Waals surface area contributed by atoms with Gasteiger partial charge in [-0.2, -0.15) is 4.31 Å². The number of nitrogens with zero attached hydrogens (tertiary/aromatic N) is 2. The van der Waals surface area contributed by atoms with E-state index >= 15 is 0 Å². The summed E-state index contributed by atoms with van der Waals surface area (Å²) in [5.74, 6) is -0.151. The van der Waals surface area contributed by atoms with Crippen molar-refractivity contribution in [3.63, 3.8) is 0 Å². The number of sulfonamides is 1. The Hall–Kier alpha value is -1.51. The number of hydrogen-bond acceptors (Lipinski definition) is 5. The largest absolute Gasteiger partial charge is 0.329 e. The Kier molecular flexibility index (Phi) is 4.92. The van der Waals surface area contributed by atoms with Crippen LogP contribution in [0.3, 0.4) is 0 Å². The van der Waals surface area contributed by atoms with Crippen LogP contribution in [0.4, 0.5) is 5.69 Å². The molecule has 1 aromatic carbocycles. The Labute approximate surface area is 123 Å². The van der Waals surface area contributed by atoms with Gasteiger partial charge in [-0.1, -0.05) is 18.6 Å². The Balaban J connectivity index is 2.14. The van der Waals surface area contributed by atoms with Crippen LogP contribution in [0.25, 0.3) is 0 Å². The Morgan fingerprint density at radius 1 is 1.29 bits per heavy atom. The highest BCUT2D eigenvalue weighted by Gasteiger charge is 2.31.